The van der Waals surface area contributed by atoms with Crippen LogP contribution in [0, 0.1) is 29.6 Å². The maximum atomic E-state index is 14.2. The van der Waals surface area contributed by atoms with Crippen molar-refractivity contribution in [2.45, 2.75) is 5.41 Å². The molecule has 188 valence electrons. The van der Waals surface area contributed by atoms with Crippen LogP contribution in [-0.2, 0) is 24.6 Å². The SMILES string of the molecule is O=C1[C@@H]2C3C=CC(c4ccccc4)([C@@H]2C(=O)N1c1ccccc1Cl)[C@@H]1C(=O)N(c2ccccc2Cl)C(=O)[C@H]31. The molecular formula is C30H20Cl2N2O4. The highest BCUT2D eigenvalue weighted by atomic mass is 35.5. The van der Waals surface area contributed by atoms with Gasteiger partial charge in [-0.1, -0.05) is 90.0 Å². The summed E-state index contributed by atoms with van der Waals surface area (Å²) >= 11 is 12.9. The first-order valence-corrected chi connectivity index (χ1v) is 13.1. The monoisotopic (exact) mass is 542 g/mol. The summed E-state index contributed by atoms with van der Waals surface area (Å²) in [5, 5.41) is 0.554. The fourth-order valence-corrected chi connectivity index (χ4v) is 7.66. The number of anilines is 2. The van der Waals surface area contributed by atoms with E-state index in [0.29, 0.717) is 16.9 Å². The number of rotatable bonds is 3. The van der Waals surface area contributed by atoms with E-state index in [4.69, 9.17) is 23.2 Å². The van der Waals surface area contributed by atoms with Crippen LogP contribution >= 0.6 is 23.2 Å². The summed E-state index contributed by atoms with van der Waals surface area (Å²) in [6, 6.07) is 22.6. The van der Waals surface area contributed by atoms with Gasteiger partial charge in [0, 0.05) is 11.3 Å². The van der Waals surface area contributed by atoms with Crippen molar-refractivity contribution in [2.75, 3.05) is 9.80 Å². The quantitative estimate of drug-likeness (QED) is 0.343. The summed E-state index contributed by atoms with van der Waals surface area (Å²) < 4.78 is 0. The van der Waals surface area contributed by atoms with Gasteiger partial charge in [-0.05, 0) is 29.8 Å². The van der Waals surface area contributed by atoms with Crippen LogP contribution in [-0.4, -0.2) is 23.6 Å². The molecule has 0 unspecified atom stereocenters. The van der Waals surface area contributed by atoms with Gasteiger partial charge < -0.3 is 0 Å². The van der Waals surface area contributed by atoms with Gasteiger partial charge in [0.1, 0.15) is 0 Å². The van der Waals surface area contributed by atoms with E-state index in [-0.39, 0.29) is 10.0 Å². The second kappa shape index (κ2) is 8.13. The number of halogens is 2. The van der Waals surface area contributed by atoms with E-state index in [1.165, 1.54) is 0 Å². The number of hydrogen-bond donors (Lipinski definition) is 0. The zero-order valence-electron chi connectivity index (χ0n) is 19.8. The Kier molecular flexibility index (Phi) is 5.00. The van der Waals surface area contributed by atoms with Gasteiger partial charge in [0.2, 0.25) is 23.6 Å². The lowest BCUT2D eigenvalue weighted by Crippen LogP contribution is -2.60. The van der Waals surface area contributed by atoms with E-state index >= 15 is 0 Å². The van der Waals surface area contributed by atoms with Gasteiger partial charge in [0.05, 0.1) is 45.1 Å². The number of imide groups is 2. The molecule has 2 heterocycles. The molecule has 3 aromatic rings. The minimum atomic E-state index is -1.20. The van der Waals surface area contributed by atoms with Crippen LogP contribution in [0.4, 0.5) is 11.4 Å². The molecule has 0 aromatic heterocycles. The second-order valence-corrected chi connectivity index (χ2v) is 11.0. The molecule has 3 aromatic carbocycles. The molecule has 0 N–H and O–H groups in total. The number of benzene rings is 3. The fraction of sp³-hybridized carbons (Fsp3) is 0.200. The first-order valence-electron chi connectivity index (χ1n) is 12.4. The number of para-hydroxylation sites is 2. The van der Waals surface area contributed by atoms with E-state index in [1.807, 2.05) is 42.5 Å². The summed E-state index contributed by atoms with van der Waals surface area (Å²) in [6.07, 6.45) is 3.75. The van der Waals surface area contributed by atoms with Crippen LogP contribution in [0.3, 0.4) is 0 Å². The van der Waals surface area contributed by atoms with Crippen LogP contribution in [0.15, 0.2) is 91.0 Å². The van der Waals surface area contributed by atoms with Crippen LogP contribution < -0.4 is 9.80 Å². The predicted molar refractivity (Wildman–Crippen MR) is 143 cm³/mol. The van der Waals surface area contributed by atoms with Crippen molar-refractivity contribution in [3.8, 4) is 0 Å². The minimum Gasteiger partial charge on any atom is -0.274 e. The number of nitrogens with zero attached hydrogens (tertiary/aromatic N) is 2. The summed E-state index contributed by atoms with van der Waals surface area (Å²) in [5.41, 5.74) is 0.128. The third-order valence-corrected chi connectivity index (χ3v) is 9.25. The highest BCUT2D eigenvalue weighted by Gasteiger charge is 2.75. The molecule has 3 aliphatic carbocycles. The average molecular weight is 543 g/mol. The minimum absolute atomic E-state index is 0.277. The summed E-state index contributed by atoms with van der Waals surface area (Å²) in [6.45, 7) is 0. The molecule has 38 heavy (non-hydrogen) atoms. The van der Waals surface area contributed by atoms with Gasteiger partial charge in [-0.3, -0.25) is 19.2 Å². The van der Waals surface area contributed by atoms with Gasteiger partial charge in [-0.15, -0.1) is 0 Å². The summed E-state index contributed by atoms with van der Waals surface area (Å²) in [5.74, 6) is -5.62. The first-order chi connectivity index (χ1) is 18.4. The number of hydrogen-bond acceptors (Lipinski definition) is 4. The van der Waals surface area contributed by atoms with Crippen molar-refractivity contribution < 1.29 is 19.2 Å². The molecule has 2 bridgehead atoms. The van der Waals surface area contributed by atoms with Crippen molar-refractivity contribution in [3.63, 3.8) is 0 Å². The average Bonchev–Trinajstić information content (AvgIpc) is 3.37. The van der Waals surface area contributed by atoms with Crippen LogP contribution in [0.1, 0.15) is 5.56 Å². The van der Waals surface area contributed by atoms with Crippen LogP contribution in [0.5, 0.6) is 0 Å². The molecule has 6 nitrogen and oxygen atoms in total. The molecule has 8 heteroatoms. The molecule has 2 aliphatic heterocycles. The molecule has 3 fully saturated rings. The van der Waals surface area contributed by atoms with Crippen molar-refractivity contribution in [3.05, 3.63) is 107 Å². The molecule has 1 saturated carbocycles. The van der Waals surface area contributed by atoms with Crippen molar-refractivity contribution in [1.82, 2.24) is 0 Å². The van der Waals surface area contributed by atoms with E-state index in [1.54, 1.807) is 48.5 Å². The zero-order valence-corrected chi connectivity index (χ0v) is 21.3. The smallest absolute Gasteiger partial charge is 0.239 e. The molecule has 2 saturated heterocycles. The molecule has 5 aliphatic rings. The highest BCUT2D eigenvalue weighted by Crippen LogP contribution is 2.65. The van der Waals surface area contributed by atoms with E-state index in [9.17, 15) is 19.2 Å². The Labute approximate surface area is 228 Å². The summed E-state index contributed by atoms with van der Waals surface area (Å²) in [7, 11) is 0. The van der Waals surface area contributed by atoms with Crippen molar-refractivity contribution in [2.24, 2.45) is 29.6 Å². The number of allylic oxidation sites excluding steroid dienone is 2. The van der Waals surface area contributed by atoms with Gasteiger partial charge in [-0.25, -0.2) is 9.80 Å². The maximum Gasteiger partial charge on any atom is 0.239 e. The molecule has 8 rings (SSSR count). The zero-order chi connectivity index (χ0) is 26.3. The van der Waals surface area contributed by atoms with E-state index < -0.39 is 58.6 Å². The van der Waals surface area contributed by atoms with Crippen LogP contribution in [0.2, 0.25) is 10.0 Å². The Morgan fingerprint density at radius 1 is 0.579 bits per heavy atom. The molecular weight excluding hydrogens is 523 g/mol. The lowest BCUT2D eigenvalue weighted by Gasteiger charge is -2.53. The third kappa shape index (κ3) is 2.79. The van der Waals surface area contributed by atoms with Crippen molar-refractivity contribution in [1.29, 1.82) is 0 Å². The standard InChI is InChI=1S/C30H20Cl2N2O4/c31-18-10-4-6-12-20(18)33-26(35)22-17-14-15-30(24(22)28(33)37,16-8-2-1-3-9-16)25-23(17)27(36)34(29(25)38)21-13-7-5-11-19(21)32/h1-15,17,22-25H/t17?,22-,23-,24+,25+,30?/m1/s1. The highest BCUT2D eigenvalue weighted by molar-refractivity contribution is 6.37. The Hall–Kier alpha value is -3.74. The van der Waals surface area contributed by atoms with E-state index in [0.717, 1.165) is 9.80 Å². The predicted octanol–water partition coefficient (Wildman–Crippen LogP) is 5.04. The molecule has 4 atom stereocenters. The largest absolute Gasteiger partial charge is 0.274 e. The molecule has 4 amide bonds. The third-order valence-electron chi connectivity index (χ3n) is 8.62. The Bertz CT molecular complexity index is 1500. The van der Waals surface area contributed by atoms with Gasteiger partial charge in [0.25, 0.3) is 0 Å². The molecule has 0 spiro atoms. The topological polar surface area (TPSA) is 74.8 Å². The summed E-state index contributed by atoms with van der Waals surface area (Å²) in [4.78, 5) is 58.8. The molecule has 0 radical (unpaired) electrons. The second-order valence-electron chi connectivity index (χ2n) is 10.2. The Morgan fingerprint density at radius 3 is 1.50 bits per heavy atom. The first kappa shape index (κ1) is 23.4. The Morgan fingerprint density at radius 2 is 1.03 bits per heavy atom. The normalized spacial score (nSPS) is 31.3. The van der Waals surface area contributed by atoms with E-state index in [2.05, 4.69) is 0 Å². The maximum absolute atomic E-state index is 14.2. The van der Waals surface area contributed by atoms with Gasteiger partial charge in [-0.2, -0.15) is 0 Å². The number of amides is 4. The lowest BCUT2D eigenvalue weighted by molar-refractivity contribution is -0.140. The van der Waals surface area contributed by atoms with Crippen LogP contribution in [0.25, 0.3) is 0 Å². The fourth-order valence-electron chi connectivity index (χ4n) is 7.22. The number of carbonyl (C=O) groups is 4. The number of carbonyl (C=O) groups excluding carboxylic acids is 4. The van der Waals surface area contributed by atoms with Crippen molar-refractivity contribution >= 4 is 58.2 Å². The van der Waals surface area contributed by atoms with Gasteiger partial charge >= 0.3 is 0 Å². The van der Waals surface area contributed by atoms with Gasteiger partial charge in [0.15, 0.2) is 0 Å². The lowest BCUT2D eigenvalue weighted by atomic mass is 9.45. The Balaban J connectivity index is 1.45.